The Hall–Kier alpha value is -3.34. The predicted octanol–water partition coefficient (Wildman–Crippen LogP) is 3.62. The topological polar surface area (TPSA) is 59.9 Å². The van der Waals surface area contributed by atoms with Gasteiger partial charge in [0.2, 0.25) is 0 Å². The lowest BCUT2D eigenvalue weighted by Gasteiger charge is -2.08. The number of methoxy groups -OCH3 is 2. The molecule has 0 bridgehead atoms. The van der Waals surface area contributed by atoms with Crippen molar-refractivity contribution in [3.05, 3.63) is 71.8 Å². The van der Waals surface area contributed by atoms with Gasteiger partial charge in [-0.15, -0.1) is 0 Å². The fourth-order valence-corrected chi connectivity index (χ4v) is 2.55. The van der Waals surface area contributed by atoms with E-state index in [0.29, 0.717) is 17.1 Å². The van der Waals surface area contributed by atoms with Crippen molar-refractivity contribution in [2.75, 3.05) is 14.2 Å². The Morgan fingerprint density at radius 3 is 2.44 bits per heavy atom. The van der Waals surface area contributed by atoms with Gasteiger partial charge in [0.1, 0.15) is 11.5 Å². The van der Waals surface area contributed by atoms with Crippen LogP contribution in [-0.4, -0.2) is 26.3 Å². The molecule has 1 amide bonds. The van der Waals surface area contributed by atoms with Crippen LogP contribution < -0.4 is 14.9 Å². The number of fused-ring (bicyclic) bond motifs is 1. The predicted molar refractivity (Wildman–Crippen MR) is 98.6 cm³/mol. The van der Waals surface area contributed by atoms with E-state index in [4.69, 9.17) is 9.47 Å². The molecule has 0 saturated heterocycles. The minimum atomic E-state index is -0.293. The first-order valence-electron chi connectivity index (χ1n) is 7.76. The van der Waals surface area contributed by atoms with E-state index in [1.54, 1.807) is 44.7 Å². The summed E-state index contributed by atoms with van der Waals surface area (Å²) < 4.78 is 10.5. The molecule has 0 fully saturated rings. The average Bonchev–Trinajstić information content (AvgIpc) is 2.68. The first-order chi connectivity index (χ1) is 12.2. The van der Waals surface area contributed by atoms with Crippen molar-refractivity contribution >= 4 is 22.9 Å². The molecule has 0 atom stereocenters. The van der Waals surface area contributed by atoms with Crippen LogP contribution in [0.3, 0.4) is 0 Å². The van der Waals surface area contributed by atoms with E-state index in [2.05, 4.69) is 10.5 Å². The summed E-state index contributed by atoms with van der Waals surface area (Å²) in [6, 6.07) is 18.6. The average molecular weight is 334 g/mol. The minimum absolute atomic E-state index is 0.293. The molecular weight excluding hydrogens is 316 g/mol. The summed E-state index contributed by atoms with van der Waals surface area (Å²) in [5, 5.41) is 6.16. The number of benzene rings is 3. The normalized spacial score (nSPS) is 10.8. The first kappa shape index (κ1) is 16.5. The molecule has 25 heavy (non-hydrogen) atoms. The molecule has 0 saturated carbocycles. The number of nitrogens with one attached hydrogen (secondary N) is 1. The summed E-state index contributed by atoms with van der Waals surface area (Å²) in [7, 11) is 3.19. The highest BCUT2D eigenvalue weighted by atomic mass is 16.5. The minimum Gasteiger partial charge on any atom is -0.497 e. The van der Waals surface area contributed by atoms with E-state index in [1.165, 1.54) is 0 Å². The van der Waals surface area contributed by atoms with Gasteiger partial charge in [-0.25, -0.2) is 5.43 Å². The van der Waals surface area contributed by atoms with Gasteiger partial charge in [0.05, 0.1) is 20.4 Å². The van der Waals surface area contributed by atoms with Crippen molar-refractivity contribution in [3.63, 3.8) is 0 Å². The van der Waals surface area contributed by atoms with E-state index in [0.717, 1.165) is 16.3 Å². The number of carbonyl (C=O) groups excluding carboxylic acids is 1. The van der Waals surface area contributed by atoms with Crippen LogP contribution in [0.2, 0.25) is 0 Å². The molecule has 0 aromatic heterocycles. The maximum Gasteiger partial charge on any atom is 0.271 e. The van der Waals surface area contributed by atoms with E-state index in [1.807, 2.05) is 36.4 Å². The van der Waals surface area contributed by atoms with Gasteiger partial charge in [-0.3, -0.25) is 4.79 Å². The second-order valence-corrected chi connectivity index (χ2v) is 5.33. The molecular formula is C20H18N2O3. The molecule has 0 aliphatic carbocycles. The number of carbonyl (C=O) groups is 1. The molecule has 0 radical (unpaired) electrons. The Morgan fingerprint density at radius 1 is 0.960 bits per heavy atom. The SMILES string of the molecule is COc1ccc(C(=O)N/N=C/c2c(OC)ccc3ccccc23)cc1. The molecule has 3 rings (SSSR count). The largest absolute Gasteiger partial charge is 0.497 e. The van der Waals surface area contributed by atoms with Gasteiger partial charge in [-0.1, -0.05) is 30.3 Å². The van der Waals surface area contributed by atoms with E-state index < -0.39 is 0 Å². The third-order valence-corrected chi connectivity index (χ3v) is 3.86. The summed E-state index contributed by atoms with van der Waals surface area (Å²) >= 11 is 0. The Bertz CT molecular complexity index is 918. The lowest BCUT2D eigenvalue weighted by Crippen LogP contribution is -2.17. The van der Waals surface area contributed by atoms with Crippen molar-refractivity contribution in [1.82, 2.24) is 5.43 Å². The van der Waals surface area contributed by atoms with Crippen LogP contribution in [0.15, 0.2) is 65.8 Å². The second-order valence-electron chi connectivity index (χ2n) is 5.33. The van der Waals surface area contributed by atoms with Crippen LogP contribution in [0.1, 0.15) is 15.9 Å². The summed E-state index contributed by atoms with van der Waals surface area (Å²) in [4.78, 5) is 12.2. The zero-order valence-corrected chi connectivity index (χ0v) is 14.0. The maximum absolute atomic E-state index is 12.2. The molecule has 0 aliphatic heterocycles. The van der Waals surface area contributed by atoms with Crippen molar-refractivity contribution < 1.29 is 14.3 Å². The number of hydrazone groups is 1. The van der Waals surface area contributed by atoms with Crippen LogP contribution in [0.5, 0.6) is 11.5 Å². The van der Waals surface area contributed by atoms with E-state index in [-0.39, 0.29) is 5.91 Å². The Balaban J connectivity index is 1.81. The molecule has 3 aromatic rings. The molecule has 5 heteroatoms. The van der Waals surface area contributed by atoms with Gasteiger partial charge < -0.3 is 9.47 Å². The molecule has 126 valence electrons. The molecule has 3 aromatic carbocycles. The number of rotatable bonds is 5. The number of amides is 1. The Labute approximate surface area is 145 Å². The summed E-state index contributed by atoms with van der Waals surface area (Å²) in [5.41, 5.74) is 3.85. The van der Waals surface area contributed by atoms with Crippen molar-refractivity contribution in [2.24, 2.45) is 5.10 Å². The zero-order chi connectivity index (χ0) is 17.6. The van der Waals surface area contributed by atoms with Gasteiger partial charge in [-0.2, -0.15) is 5.10 Å². The zero-order valence-electron chi connectivity index (χ0n) is 14.0. The smallest absolute Gasteiger partial charge is 0.271 e. The van der Waals surface area contributed by atoms with Crippen molar-refractivity contribution in [1.29, 1.82) is 0 Å². The highest BCUT2D eigenvalue weighted by molar-refractivity contribution is 6.03. The van der Waals surface area contributed by atoms with Gasteiger partial charge in [0.15, 0.2) is 0 Å². The van der Waals surface area contributed by atoms with Crippen LogP contribution in [0.25, 0.3) is 10.8 Å². The van der Waals surface area contributed by atoms with Crippen LogP contribution in [0.4, 0.5) is 0 Å². The van der Waals surface area contributed by atoms with Gasteiger partial charge in [0.25, 0.3) is 5.91 Å². The number of hydrogen-bond acceptors (Lipinski definition) is 4. The second kappa shape index (κ2) is 7.49. The number of ether oxygens (including phenoxy) is 2. The van der Waals surface area contributed by atoms with Crippen LogP contribution in [0, 0.1) is 0 Å². The van der Waals surface area contributed by atoms with Crippen LogP contribution >= 0.6 is 0 Å². The Morgan fingerprint density at radius 2 is 1.72 bits per heavy atom. The first-order valence-corrected chi connectivity index (χ1v) is 7.76. The third kappa shape index (κ3) is 3.61. The summed E-state index contributed by atoms with van der Waals surface area (Å²) in [6.07, 6.45) is 1.60. The fourth-order valence-electron chi connectivity index (χ4n) is 2.55. The molecule has 0 aliphatic rings. The molecule has 0 heterocycles. The van der Waals surface area contributed by atoms with Crippen LogP contribution in [-0.2, 0) is 0 Å². The van der Waals surface area contributed by atoms with Gasteiger partial charge >= 0.3 is 0 Å². The number of hydrogen-bond donors (Lipinski definition) is 1. The molecule has 0 unspecified atom stereocenters. The van der Waals surface area contributed by atoms with Crippen molar-refractivity contribution in [2.45, 2.75) is 0 Å². The molecule has 0 spiro atoms. The lowest BCUT2D eigenvalue weighted by atomic mass is 10.0. The lowest BCUT2D eigenvalue weighted by molar-refractivity contribution is 0.0955. The van der Waals surface area contributed by atoms with E-state index >= 15 is 0 Å². The third-order valence-electron chi connectivity index (χ3n) is 3.86. The molecule has 1 N–H and O–H groups in total. The highest BCUT2D eigenvalue weighted by Gasteiger charge is 2.07. The molecule has 5 nitrogen and oxygen atoms in total. The standard InChI is InChI=1S/C20H18N2O3/c1-24-16-10-7-15(8-11-16)20(23)22-21-13-18-17-6-4-3-5-14(17)9-12-19(18)25-2/h3-13H,1-2H3,(H,22,23)/b21-13+. The van der Waals surface area contributed by atoms with E-state index in [9.17, 15) is 4.79 Å². The highest BCUT2D eigenvalue weighted by Crippen LogP contribution is 2.26. The van der Waals surface area contributed by atoms with Crippen molar-refractivity contribution in [3.8, 4) is 11.5 Å². The summed E-state index contributed by atoms with van der Waals surface area (Å²) in [5.74, 6) is 1.10. The maximum atomic E-state index is 12.2. The monoisotopic (exact) mass is 334 g/mol. The number of nitrogens with zero attached hydrogens (tertiary/aromatic N) is 1. The Kier molecular flexibility index (Phi) is 4.95. The van der Waals surface area contributed by atoms with Gasteiger partial charge in [0, 0.05) is 11.1 Å². The summed E-state index contributed by atoms with van der Waals surface area (Å²) in [6.45, 7) is 0. The van der Waals surface area contributed by atoms with Gasteiger partial charge in [-0.05, 0) is 41.1 Å². The fraction of sp³-hybridized carbons (Fsp3) is 0.100. The quantitative estimate of drug-likeness (QED) is 0.573.